The fourth-order valence-corrected chi connectivity index (χ4v) is 1.62. The van der Waals surface area contributed by atoms with E-state index in [1.807, 2.05) is 25.1 Å². The van der Waals surface area contributed by atoms with Crippen molar-refractivity contribution in [3.05, 3.63) is 29.3 Å². The van der Waals surface area contributed by atoms with E-state index in [0.717, 1.165) is 29.7 Å². The lowest BCUT2D eigenvalue weighted by atomic mass is 10.1. The molecule has 0 radical (unpaired) electrons. The van der Waals surface area contributed by atoms with Gasteiger partial charge in [0, 0.05) is 17.2 Å². The number of aryl methyl sites for hydroxylation is 1. The van der Waals surface area contributed by atoms with Gasteiger partial charge in [0.2, 0.25) is 5.91 Å². The first-order valence-electron chi connectivity index (χ1n) is 5.81. The normalized spacial score (nSPS) is 13.8. The Kier molecular flexibility index (Phi) is 3.46. The third-order valence-corrected chi connectivity index (χ3v) is 2.77. The molecule has 1 amide bonds. The molecule has 88 valence electrons. The van der Waals surface area contributed by atoms with Crippen LogP contribution in [0.25, 0.3) is 0 Å². The first kappa shape index (κ1) is 11.7. The number of carbonyl (C=O) groups excluding carboxylic acids is 1. The van der Waals surface area contributed by atoms with E-state index in [4.69, 9.17) is 5.73 Å². The van der Waals surface area contributed by atoms with Gasteiger partial charge in [0.25, 0.3) is 0 Å². The number of carbonyl (C=O) groups is 1. The minimum Gasteiger partial charge on any atom is -0.326 e. The van der Waals surface area contributed by atoms with E-state index >= 15 is 0 Å². The van der Waals surface area contributed by atoms with E-state index in [1.54, 1.807) is 0 Å². The third-order valence-electron chi connectivity index (χ3n) is 2.77. The third kappa shape index (κ3) is 3.08. The van der Waals surface area contributed by atoms with Crippen molar-refractivity contribution in [2.75, 3.05) is 11.9 Å². The van der Waals surface area contributed by atoms with Gasteiger partial charge in [-0.1, -0.05) is 11.8 Å². The molecule has 1 aromatic rings. The number of hydrogen-bond donors (Lipinski definition) is 2. The van der Waals surface area contributed by atoms with Crippen LogP contribution >= 0.6 is 0 Å². The Labute approximate surface area is 101 Å². The summed E-state index contributed by atoms with van der Waals surface area (Å²) < 4.78 is 0. The molecule has 0 aliphatic heterocycles. The second-order valence-electron chi connectivity index (χ2n) is 4.30. The number of anilines is 1. The molecule has 0 heterocycles. The van der Waals surface area contributed by atoms with Crippen LogP contribution in [-0.2, 0) is 4.79 Å². The van der Waals surface area contributed by atoms with Crippen LogP contribution < -0.4 is 11.1 Å². The zero-order valence-electron chi connectivity index (χ0n) is 9.92. The van der Waals surface area contributed by atoms with Crippen LogP contribution in [0.1, 0.15) is 24.0 Å². The predicted octanol–water partition coefficient (Wildman–Crippen LogP) is 1.65. The molecule has 0 saturated heterocycles. The number of nitrogens with two attached hydrogens (primary N) is 1. The maximum atomic E-state index is 11.6. The molecule has 0 aromatic heterocycles. The molecule has 1 saturated carbocycles. The largest absolute Gasteiger partial charge is 0.326 e. The molecule has 1 aliphatic rings. The van der Waals surface area contributed by atoms with Crippen molar-refractivity contribution in [2.24, 2.45) is 11.7 Å². The molecule has 0 spiro atoms. The number of nitrogens with one attached hydrogen (secondary N) is 1. The van der Waals surface area contributed by atoms with E-state index in [0.29, 0.717) is 6.54 Å². The minimum absolute atomic E-state index is 0.133. The highest BCUT2D eigenvalue weighted by Crippen LogP contribution is 2.30. The average molecular weight is 228 g/mol. The molecule has 1 aliphatic carbocycles. The van der Waals surface area contributed by atoms with Crippen LogP contribution in [0.4, 0.5) is 5.69 Å². The number of benzene rings is 1. The van der Waals surface area contributed by atoms with Crippen molar-refractivity contribution in [3.8, 4) is 11.8 Å². The zero-order valence-corrected chi connectivity index (χ0v) is 9.92. The maximum absolute atomic E-state index is 11.6. The van der Waals surface area contributed by atoms with E-state index in [-0.39, 0.29) is 11.8 Å². The summed E-state index contributed by atoms with van der Waals surface area (Å²) in [5.74, 6) is 6.14. The summed E-state index contributed by atoms with van der Waals surface area (Å²) in [4.78, 5) is 11.6. The highest BCUT2D eigenvalue weighted by molar-refractivity contribution is 5.94. The van der Waals surface area contributed by atoms with Gasteiger partial charge in [-0.3, -0.25) is 4.79 Å². The van der Waals surface area contributed by atoms with Gasteiger partial charge >= 0.3 is 0 Å². The topological polar surface area (TPSA) is 55.1 Å². The van der Waals surface area contributed by atoms with Gasteiger partial charge in [-0.2, -0.15) is 0 Å². The lowest BCUT2D eigenvalue weighted by Crippen LogP contribution is -2.14. The zero-order chi connectivity index (χ0) is 12.3. The lowest BCUT2D eigenvalue weighted by Gasteiger charge is -2.07. The van der Waals surface area contributed by atoms with Crippen molar-refractivity contribution >= 4 is 11.6 Å². The molecule has 3 nitrogen and oxygen atoms in total. The predicted molar refractivity (Wildman–Crippen MR) is 68.5 cm³/mol. The van der Waals surface area contributed by atoms with Crippen molar-refractivity contribution in [3.63, 3.8) is 0 Å². The van der Waals surface area contributed by atoms with Crippen molar-refractivity contribution in [1.82, 2.24) is 0 Å². The highest BCUT2D eigenvalue weighted by Gasteiger charge is 2.29. The second-order valence-corrected chi connectivity index (χ2v) is 4.30. The van der Waals surface area contributed by atoms with Crippen LogP contribution in [0, 0.1) is 24.7 Å². The van der Waals surface area contributed by atoms with Crippen molar-refractivity contribution < 1.29 is 4.79 Å². The van der Waals surface area contributed by atoms with Gasteiger partial charge in [-0.25, -0.2) is 0 Å². The van der Waals surface area contributed by atoms with Gasteiger partial charge in [0.15, 0.2) is 0 Å². The Bertz CT molecular complexity index is 493. The highest BCUT2D eigenvalue weighted by atomic mass is 16.2. The molecule has 3 N–H and O–H groups in total. The fourth-order valence-electron chi connectivity index (χ4n) is 1.62. The first-order valence-corrected chi connectivity index (χ1v) is 5.81. The van der Waals surface area contributed by atoms with Crippen LogP contribution in [0.2, 0.25) is 0 Å². The van der Waals surface area contributed by atoms with Crippen LogP contribution in [0.15, 0.2) is 18.2 Å². The molecule has 17 heavy (non-hydrogen) atoms. The SMILES string of the molecule is Cc1cc(C#CCN)ccc1NC(=O)C1CC1. The Morgan fingerprint density at radius 2 is 2.29 bits per heavy atom. The van der Waals surface area contributed by atoms with E-state index in [2.05, 4.69) is 17.2 Å². The number of hydrogen-bond acceptors (Lipinski definition) is 2. The molecule has 3 heteroatoms. The van der Waals surface area contributed by atoms with E-state index in [9.17, 15) is 4.79 Å². The number of rotatable bonds is 2. The minimum atomic E-state index is 0.133. The van der Waals surface area contributed by atoms with Gasteiger partial charge < -0.3 is 11.1 Å². The van der Waals surface area contributed by atoms with E-state index in [1.165, 1.54) is 0 Å². The molecule has 1 aromatic carbocycles. The standard InChI is InChI=1S/C14H16N2O/c1-10-9-11(3-2-8-15)4-7-13(10)16-14(17)12-5-6-12/h4,7,9,12H,5-6,8,15H2,1H3,(H,16,17). The van der Waals surface area contributed by atoms with Gasteiger partial charge in [-0.05, 0) is 43.5 Å². The quantitative estimate of drug-likeness (QED) is 0.756. The second kappa shape index (κ2) is 5.03. The molecule has 0 bridgehead atoms. The Morgan fingerprint density at radius 1 is 1.53 bits per heavy atom. The van der Waals surface area contributed by atoms with Crippen LogP contribution in [0.3, 0.4) is 0 Å². The summed E-state index contributed by atoms with van der Waals surface area (Å²) in [6, 6.07) is 5.76. The summed E-state index contributed by atoms with van der Waals surface area (Å²) >= 11 is 0. The van der Waals surface area contributed by atoms with Gasteiger partial charge in [0.05, 0.1) is 6.54 Å². The van der Waals surface area contributed by atoms with Crippen LogP contribution in [-0.4, -0.2) is 12.5 Å². The molecule has 1 fully saturated rings. The molecular formula is C14H16N2O. The monoisotopic (exact) mass is 228 g/mol. The molecule has 0 unspecified atom stereocenters. The summed E-state index contributed by atoms with van der Waals surface area (Å²) in [7, 11) is 0. The van der Waals surface area contributed by atoms with Gasteiger partial charge in [0.1, 0.15) is 0 Å². The fraction of sp³-hybridized carbons (Fsp3) is 0.357. The average Bonchev–Trinajstić information content (AvgIpc) is 3.13. The van der Waals surface area contributed by atoms with Crippen LogP contribution in [0.5, 0.6) is 0 Å². The Balaban J connectivity index is 2.10. The summed E-state index contributed by atoms with van der Waals surface area (Å²) in [5, 5.41) is 2.94. The summed E-state index contributed by atoms with van der Waals surface area (Å²) in [6.45, 7) is 2.33. The summed E-state index contributed by atoms with van der Waals surface area (Å²) in [6.07, 6.45) is 2.04. The summed E-state index contributed by atoms with van der Waals surface area (Å²) in [5.41, 5.74) is 8.15. The Morgan fingerprint density at radius 3 is 2.88 bits per heavy atom. The lowest BCUT2D eigenvalue weighted by molar-refractivity contribution is -0.117. The first-order chi connectivity index (χ1) is 8.20. The molecule has 0 atom stereocenters. The van der Waals surface area contributed by atoms with Gasteiger partial charge in [-0.15, -0.1) is 0 Å². The number of amides is 1. The molecular weight excluding hydrogens is 212 g/mol. The Hall–Kier alpha value is -1.79. The van der Waals surface area contributed by atoms with Crippen molar-refractivity contribution in [1.29, 1.82) is 0 Å². The van der Waals surface area contributed by atoms with Crippen molar-refractivity contribution in [2.45, 2.75) is 19.8 Å². The van der Waals surface area contributed by atoms with E-state index < -0.39 is 0 Å². The molecule has 2 rings (SSSR count). The smallest absolute Gasteiger partial charge is 0.227 e. The maximum Gasteiger partial charge on any atom is 0.227 e.